The molecule has 0 radical (unpaired) electrons. The summed E-state index contributed by atoms with van der Waals surface area (Å²) in [4.78, 5) is 8.36. The van der Waals surface area contributed by atoms with Crippen molar-refractivity contribution < 1.29 is 10.3 Å². The Morgan fingerprint density at radius 3 is 2.00 bits per heavy atom. The molecule has 0 aromatic rings. The van der Waals surface area contributed by atoms with Crippen LogP contribution in [-0.2, 0) is 0 Å². The number of hydrogen-bond acceptors (Lipinski definition) is 2. The zero-order valence-electron chi connectivity index (χ0n) is 1.71. The van der Waals surface area contributed by atoms with Gasteiger partial charge in [0.25, 0.3) is 5.09 Å². The SMILES string of the molecule is [O-][N+](O)=[18O]. The van der Waals surface area contributed by atoms with Crippen LogP contribution in [0.4, 0.5) is 0 Å². The minimum absolute atomic E-state index is 1.50. The molecule has 0 aliphatic carbocycles. The van der Waals surface area contributed by atoms with Crippen molar-refractivity contribution in [1.82, 2.24) is 0 Å². The Hall–Kier alpha value is -0.800. The van der Waals surface area contributed by atoms with Crippen LogP contribution in [0.1, 0.15) is 0 Å². The van der Waals surface area contributed by atoms with Crippen LogP contribution in [0.15, 0.2) is 0 Å². The second kappa shape index (κ2) is 0.655. The maximum atomic E-state index is 8.36. The fourth-order valence-corrected chi connectivity index (χ4v) is 0. The van der Waals surface area contributed by atoms with Gasteiger partial charge in [-0.05, 0) is 0 Å². The molecule has 0 aliphatic heterocycles. The van der Waals surface area contributed by atoms with E-state index in [-0.39, 0.29) is 0 Å². The van der Waals surface area contributed by atoms with Crippen LogP contribution in [-0.4, -0.2) is 10.3 Å². The Morgan fingerprint density at radius 2 is 2.00 bits per heavy atom. The highest BCUT2D eigenvalue weighted by atomic mass is 18.2. The van der Waals surface area contributed by atoms with E-state index in [1.807, 2.05) is 0 Å². The van der Waals surface area contributed by atoms with E-state index in [1.165, 1.54) is 0 Å². The van der Waals surface area contributed by atoms with Crippen molar-refractivity contribution >= 4 is 0 Å². The fourth-order valence-electron chi connectivity index (χ4n) is 0. The van der Waals surface area contributed by atoms with Gasteiger partial charge in [0.1, 0.15) is 0 Å². The predicted octanol–water partition coefficient (Wildman–Crippen LogP) is -0.348. The van der Waals surface area contributed by atoms with Crippen LogP contribution in [0.3, 0.4) is 0 Å². The van der Waals surface area contributed by atoms with Crippen molar-refractivity contribution in [3.05, 3.63) is 10.1 Å². The van der Waals surface area contributed by atoms with Gasteiger partial charge in [0.15, 0.2) is 0 Å². The molecule has 0 atom stereocenters. The Balaban J connectivity index is 2.80. The van der Waals surface area contributed by atoms with E-state index in [1.54, 1.807) is 0 Å². The molecule has 24 valence electrons. The summed E-state index contributed by atoms with van der Waals surface area (Å²) in [5, 5.41) is 13.6. The third-order valence-corrected chi connectivity index (χ3v) is 0. The summed E-state index contributed by atoms with van der Waals surface area (Å²) < 4.78 is 0. The average molecular weight is 65.0 g/mol. The molecular weight excluding hydrogens is 64.0 g/mol. The van der Waals surface area contributed by atoms with Gasteiger partial charge >= 0.3 is 0 Å². The minimum Gasteiger partial charge on any atom is -0.328 e. The Bertz CT molecular complexity index is 26.3. The zero-order chi connectivity index (χ0) is 3.58. The molecule has 0 amide bonds. The first-order valence-electron chi connectivity index (χ1n) is 0.565. The standard InChI is InChI=1S/HNO3/c2-1(3)4/h(H,2,3,4)/i2+2. The highest BCUT2D eigenvalue weighted by molar-refractivity contribution is 3.83. The average Bonchev–Trinajstić information content (AvgIpc) is 0.811. The van der Waals surface area contributed by atoms with Crippen LogP contribution in [0.2, 0.25) is 0 Å². The smallest absolute Gasteiger partial charge is 0.291 e. The fraction of sp³-hybridized carbons (Fsp3) is 0. The van der Waals surface area contributed by atoms with Gasteiger partial charge in [-0.25, -0.2) is 0 Å². The monoisotopic (exact) mass is 65.0 g/mol. The molecule has 0 rings (SSSR count). The van der Waals surface area contributed by atoms with Gasteiger partial charge in [0.2, 0.25) is 0 Å². The summed E-state index contributed by atoms with van der Waals surface area (Å²) in [6, 6.07) is 0. The van der Waals surface area contributed by atoms with Crippen molar-refractivity contribution in [3.63, 3.8) is 0 Å². The maximum Gasteiger partial charge on any atom is 0.291 e. The van der Waals surface area contributed by atoms with E-state index in [0.29, 0.717) is 0 Å². The van der Waals surface area contributed by atoms with Crippen molar-refractivity contribution in [1.29, 1.82) is 0 Å². The quantitative estimate of drug-likeness (QED) is 0.238. The number of nitrogens with zero attached hydrogens (tertiary/aromatic N) is 1. The molecular formula is HNO3. The van der Waals surface area contributed by atoms with Gasteiger partial charge in [-0.3, -0.25) is 0 Å². The molecule has 4 heavy (non-hydrogen) atoms. The normalized spacial score (nSPS) is 6.00. The van der Waals surface area contributed by atoms with Crippen LogP contribution < -0.4 is 0 Å². The maximum absolute atomic E-state index is 8.36. The van der Waals surface area contributed by atoms with Crippen molar-refractivity contribution in [2.45, 2.75) is 0 Å². The van der Waals surface area contributed by atoms with Crippen molar-refractivity contribution in [2.24, 2.45) is 0 Å². The third kappa shape index (κ3) is 0.0750. The summed E-state index contributed by atoms with van der Waals surface area (Å²) in [5.74, 6) is 0. The molecule has 0 fully saturated rings. The lowest BCUT2D eigenvalue weighted by Crippen LogP contribution is -1.81. The summed E-state index contributed by atoms with van der Waals surface area (Å²) in [5.41, 5.74) is 0. The summed E-state index contributed by atoms with van der Waals surface area (Å²) in [7, 11) is 0. The number of hydrogen-bond donors (Lipinski definition) is 1. The van der Waals surface area contributed by atoms with Gasteiger partial charge in [-0.2, -0.15) is 0 Å². The lowest BCUT2D eigenvalue weighted by atomic mass is 13.2. The lowest BCUT2D eigenvalue weighted by Gasteiger charge is -1.56. The Morgan fingerprint density at radius 1 is 2.00 bits per heavy atom. The summed E-state index contributed by atoms with van der Waals surface area (Å²) in [6.07, 6.45) is 0. The van der Waals surface area contributed by atoms with E-state index in [9.17, 15) is 0 Å². The van der Waals surface area contributed by atoms with Crippen LogP contribution >= 0.6 is 0 Å². The van der Waals surface area contributed by atoms with E-state index < -0.39 is 5.09 Å². The molecule has 1 N–H and O–H groups in total. The second-order valence-corrected chi connectivity index (χ2v) is 0.238. The molecule has 0 aromatic carbocycles. The first-order chi connectivity index (χ1) is 1.73. The molecule has 4 heteroatoms. The first-order valence-corrected chi connectivity index (χ1v) is 0.565. The van der Waals surface area contributed by atoms with Crippen LogP contribution in [0.5, 0.6) is 0 Å². The highest BCUT2D eigenvalue weighted by Crippen LogP contribution is 1.38. The third-order valence-electron chi connectivity index (χ3n) is 0. The van der Waals surface area contributed by atoms with E-state index >= 15 is 0 Å². The topological polar surface area (TPSA) is 63.4 Å². The molecule has 0 heterocycles. The van der Waals surface area contributed by atoms with Gasteiger partial charge < -0.3 is 5.21 Å². The zero-order valence-corrected chi connectivity index (χ0v) is 1.71. The predicted molar refractivity (Wildman–Crippen MR) is 8.78 cm³/mol. The van der Waals surface area contributed by atoms with Crippen molar-refractivity contribution in [2.75, 3.05) is 0 Å². The summed E-state index contributed by atoms with van der Waals surface area (Å²) >= 11 is 0. The molecule has 0 bridgehead atoms. The van der Waals surface area contributed by atoms with Gasteiger partial charge in [0, 0.05) is 0 Å². The molecule has 0 unspecified atom stereocenters. The van der Waals surface area contributed by atoms with E-state index in [2.05, 4.69) is 0 Å². The van der Waals surface area contributed by atoms with Gasteiger partial charge in [-0.15, -0.1) is 10.1 Å². The molecule has 0 aliphatic rings. The second-order valence-electron chi connectivity index (χ2n) is 0.238. The Labute approximate surface area is 21.8 Å². The highest BCUT2D eigenvalue weighted by Gasteiger charge is 1.65. The Kier molecular flexibility index (Phi) is 0.524. The number of rotatable bonds is 0. The molecule has 0 saturated carbocycles. The van der Waals surface area contributed by atoms with Crippen molar-refractivity contribution in [3.8, 4) is 0 Å². The van der Waals surface area contributed by atoms with E-state index in [0.717, 1.165) is 0 Å². The molecule has 0 aromatic heterocycles. The largest absolute Gasteiger partial charge is 0.328 e. The van der Waals surface area contributed by atoms with E-state index in [4.69, 9.17) is 15.3 Å². The minimum atomic E-state index is -1.50. The van der Waals surface area contributed by atoms with Gasteiger partial charge in [-0.1, -0.05) is 0 Å². The van der Waals surface area contributed by atoms with Gasteiger partial charge in [0.05, 0.1) is 0 Å². The lowest BCUT2D eigenvalue weighted by molar-refractivity contribution is -0.742. The van der Waals surface area contributed by atoms with Crippen LogP contribution in [0.25, 0.3) is 0 Å². The summed E-state index contributed by atoms with van der Waals surface area (Å²) in [6.45, 7) is 0. The first kappa shape index (κ1) is 3.20. The molecule has 0 saturated heterocycles. The molecule has 0 spiro atoms. The van der Waals surface area contributed by atoms with Crippen LogP contribution in [0, 0.1) is 10.1 Å². The molecule has 4 nitrogen and oxygen atoms in total.